The number of hydrogen-bond donors (Lipinski definition) is 0. The number of hydrogen-bond acceptors (Lipinski definition) is 3. The summed E-state index contributed by atoms with van der Waals surface area (Å²) in [5.41, 5.74) is 5.22. The second kappa shape index (κ2) is 8.31. The van der Waals surface area contributed by atoms with E-state index in [2.05, 4.69) is 104 Å². The number of aryl methyl sites for hydroxylation is 1. The molecule has 0 saturated heterocycles. The lowest BCUT2D eigenvalue weighted by Gasteiger charge is -2.21. The number of fused-ring (bicyclic) bond motifs is 3. The maximum atomic E-state index is 5.03. The zero-order valence-corrected chi connectivity index (χ0v) is 20.3. The molecule has 4 aromatic rings. The number of nitrogens with zero attached hydrogens (tertiary/aromatic N) is 4. The fourth-order valence-electron chi connectivity index (χ4n) is 4.89. The highest BCUT2D eigenvalue weighted by molar-refractivity contribution is 5.94. The van der Waals surface area contributed by atoms with Crippen LogP contribution in [0.25, 0.3) is 40.0 Å². The fourth-order valence-corrected chi connectivity index (χ4v) is 4.89. The molecule has 2 aliphatic carbocycles. The van der Waals surface area contributed by atoms with Crippen LogP contribution < -0.4 is 0 Å². The van der Waals surface area contributed by atoms with Crippen LogP contribution in [0.2, 0.25) is 0 Å². The van der Waals surface area contributed by atoms with Crippen LogP contribution in [-0.2, 0) is 12.5 Å². The summed E-state index contributed by atoms with van der Waals surface area (Å²) >= 11 is 0. The van der Waals surface area contributed by atoms with Gasteiger partial charge in [0.2, 0.25) is 0 Å². The van der Waals surface area contributed by atoms with E-state index < -0.39 is 5.41 Å². The third-order valence-electron chi connectivity index (χ3n) is 7.10. The van der Waals surface area contributed by atoms with Gasteiger partial charge in [-0.2, -0.15) is 0 Å². The number of rotatable bonds is 3. The van der Waals surface area contributed by atoms with Crippen molar-refractivity contribution in [3.8, 4) is 11.4 Å². The van der Waals surface area contributed by atoms with Crippen molar-refractivity contribution in [2.45, 2.75) is 25.7 Å². The average Bonchev–Trinajstić information content (AvgIpc) is 3.04. The maximum Gasteiger partial charge on any atom is 0.163 e. The topological polar surface area (TPSA) is 43.6 Å². The van der Waals surface area contributed by atoms with E-state index in [0.29, 0.717) is 11.7 Å². The van der Waals surface area contributed by atoms with Gasteiger partial charge in [-0.3, -0.25) is 0 Å². The molecule has 0 saturated carbocycles. The Hall–Kier alpha value is -4.05. The van der Waals surface area contributed by atoms with Gasteiger partial charge >= 0.3 is 0 Å². The molecule has 2 aromatic heterocycles. The molecule has 0 radical (unpaired) electrons. The summed E-state index contributed by atoms with van der Waals surface area (Å²) in [4.78, 5) is 14.9. The summed E-state index contributed by atoms with van der Waals surface area (Å²) in [5, 5.41) is 1.25. The van der Waals surface area contributed by atoms with Crippen molar-refractivity contribution >= 4 is 28.6 Å². The highest BCUT2D eigenvalue weighted by Gasteiger charge is 2.29. The number of allylic oxidation sites excluding steroid dienone is 6. The van der Waals surface area contributed by atoms with Crippen LogP contribution in [0.1, 0.15) is 43.2 Å². The second-order valence-corrected chi connectivity index (χ2v) is 9.73. The molecule has 0 spiro atoms. The molecule has 0 N–H and O–H groups in total. The van der Waals surface area contributed by atoms with Crippen LogP contribution in [0.5, 0.6) is 0 Å². The lowest BCUT2D eigenvalue weighted by molar-refractivity contribution is 0.681. The fraction of sp³-hybridized carbons (Fsp3) is 0.194. The molecule has 2 aliphatic rings. The number of para-hydroxylation sites is 1. The summed E-state index contributed by atoms with van der Waals surface area (Å²) in [6.07, 6.45) is 16.5. The van der Waals surface area contributed by atoms with E-state index in [1.54, 1.807) is 0 Å². The van der Waals surface area contributed by atoms with Crippen LogP contribution >= 0.6 is 0 Å². The number of benzene rings is 2. The molecule has 0 bridgehead atoms. The molecule has 172 valence electrons. The minimum absolute atomic E-state index is 0.479. The minimum Gasteiger partial charge on any atom is -0.344 e. The quantitative estimate of drug-likeness (QED) is 0.333. The van der Waals surface area contributed by atoms with Crippen LogP contribution in [-0.4, -0.2) is 19.5 Å². The van der Waals surface area contributed by atoms with Crippen LogP contribution in [0.15, 0.2) is 85.0 Å². The lowest BCUT2D eigenvalue weighted by Crippen LogP contribution is -2.21. The molecule has 35 heavy (non-hydrogen) atoms. The number of aromatic nitrogens is 4. The lowest BCUT2D eigenvalue weighted by atomic mass is 9.88. The van der Waals surface area contributed by atoms with Gasteiger partial charge in [0.1, 0.15) is 5.82 Å². The Morgan fingerprint density at radius 2 is 1.60 bits per heavy atom. The first kappa shape index (κ1) is 21.5. The zero-order chi connectivity index (χ0) is 24.0. The van der Waals surface area contributed by atoms with Crippen LogP contribution in [0, 0.1) is 5.92 Å². The summed E-state index contributed by atoms with van der Waals surface area (Å²) in [6.45, 7) is 4.40. The van der Waals surface area contributed by atoms with Crippen molar-refractivity contribution < 1.29 is 0 Å². The van der Waals surface area contributed by atoms with E-state index in [1.807, 2.05) is 18.2 Å². The Morgan fingerprint density at radius 3 is 2.40 bits per heavy atom. The largest absolute Gasteiger partial charge is 0.344 e. The first-order valence-corrected chi connectivity index (χ1v) is 12.2. The first-order chi connectivity index (χ1) is 17.0. The van der Waals surface area contributed by atoms with Crippen molar-refractivity contribution in [2.24, 2.45) is 13.0 Å². The molecule has 4 nitrogen and oxygen atoms in total. The Bertz CT molecular complexity index is 1550. The van der Waals surface area contributed by atoms with E-state index in [1.165, 1.54) is 22.2 Å². The van der Waals surface area contributed by atoms with Crippen molar-refractivity contribution in [3.05, 3.63) is 108 Å². The van der Waals surface area contributed by atoms with Gasteiger partial charge in [-0.05, 0) is 31.4 Å². The predicted molar refractivity (Wildman–Crippen MR) is 144 cm³/mol. The molecule has 0 fully saturated rings. The van der Waals surface area contributed by atoms with Crippen molar-refractivity contribution in [1.29, 1.82) is 0 Å². The molecule has 0 amide bonds. The third-order valence-corrected chi connectivity index (χ3v) is 7.10. The van der Waals surface area contributed by atoms with Gasteiger partial charge in [-0.15, -0.1) is 0 Å². The molecule has 2 unspecified atom stereocenters. The average molecular weight is 457 g/mol. The summed E-state index contributed by atoms with van der Waals surface area (Å²) in [6, 6.07) is 18.7. The first-order valence-electron chi connectivity index (χ1n) is 12.2. The molecule has 6 rings (SSSR count). The molecule has 4 heteroatoms. The van der Waals surface area contributed by atoms with E-state index in [4.69, 9.17) is 15.0 Å². The van der Waals surface area contributed by atoms with Crippen molar-refractivity contribution in [2.75, 3.05) is 0 Å². The highest BCUT2D eigenvalue weighted by atomic mass is 15.0. The Labute approximate surface area is 206 Å². The summed E-state index contributed by atoms with van der Waals surface area (Å²) < 4.78 is 2.25. The maximum absolute atomic E-state index is 5.03. The van der Waals surface area contributed by atoms with E-state index >= 15 is 0 Å². The van der Waals surface area contributed by atoms with Crippen molar-refractivity contribution in [3.63, 3.8) is 0 Å². The normalized spacial score (nSPS) is 21.1. The molecule has 2 atom stereocenters. The highest BCUT2D eigenvalue weighted by Crippen LogP contribution is 2.36. The van der Waals surface area contributed by atoms with Crippen LogP contribution in [0.4, 0.5) is 0 Å². The Morgan fingerprint density at radius 1 is 0.857 bits per heavy atom. The van der Waals surface area contributed by atoms with Gasteiger partial charge in [-0.25, -0.2) is 15.0 Å². The van der Waals surface area contributed by atoms with Gasteiger partial charge in [0, 0.05) is 40.3 Å². The van der Waals surface area contributed by atoms with E-state index in [0.717, 1.165) is 29.2 Å². The van der Waals surface area contributed by atoms with Gasteiger partial charge in [-0.1, -0.05) is 91.9 Å². The van der Waals surface area contributed by atoms with Gasteiger partial charge in [0.15, 0.2) is 11.6 Å². The molecule has 0 aliphatic heterocycles. The SMILES string of the molecule is CC1C=CC(c2nc(-c3ccccc3)nc(C3(C)C=Cc4c(n(C)c5ccccc45)C=C3)n2)=CC1. The zero-order valence-electron chi connectivity index (χ0n) is 20.3. The van der Waals surface area contributed by atoms with Gasteiger partial charge < -0.3 is 4.57 Å². The second-order valence-electron chi connectivity index (χ2n) is 9.73. The van der Waals surface area contributed by atoms with Gasteiger partial charge in [0.05, 0.1) is 5.41 Å². The van der Waals surface area contributed by atoms with Gasteiger partial charge in [0.25, 0.3) is 0 Å². The molecule has 2 aromatic carbocycles. The predicted octanol–water partition coefficient (Wildman–Crippen LogP) is 7.01. The van der Waals surface area contributed by atoms with E-state index in [-0.39, 0.29) is 0 Å². The van der Waals surface area contributed by atoms with E-state index in [9.17, 15) is 0 Å². The third kappa shape index (κ3) is 3.75. The molecular weight excluding hydrogens is 428 g/mol. The minimum atomic E-state index is -0.479. The standard InChI is InChI=1S/C31H28N4/c1-21-13-15-23(16-14-21)29-32-28(22-9-5-4-6-10-22)33-30(34-29)31(2)19-17-25-24-11-7-8-12-26(24)35(3)27(25)18-20-31/h4-13,15-21H,14H2,1-3H3. The smallest absolute Gasteiger partial charge is 0.163 e. The summed E-state index contributed by atoms with van der Waals surface area (Å²) in [5.74, 6) is 2.71. The Balaban J connectivity index is 1.50. The van der Waals surface area contributed by atoms with Crippen LogP contribution in [0.3, 0.4) is 0 Å². The molecule has 2 heterocycles. The van der Waals surface area contributed by atoms with Crippen molar-refractivity contribution in [1.82, 2.24) is 19.5 Å². The molecular formula is C31H28N4. The summed E-state index contributed by atoms with van der Waals surface area (Å²) in [7, 11) is 2.12. The Kier molecular flexibility index (Phi) is 5.10. The monoisotopic (exact) mass is 456 g/mol.